The maximum Gasteiger partial charge on any atom is 0.304 e. The van der Waals surface area contributed by atoms with Gasteiger partial charge in [0.05, 0.1) is 20.1 Å². The number of methoxy groups -OCH3 is 1. The number of benzene rings is 1. The van der Waals surface area contributed by atoms with Crippen molar-refractivity contribution in [3.63, 3.8) is 0 Å². The molecule has 0 aliphatic rings. The molecule has 0 saturated carbocycles. The van der Waals surface area contributed by atoms with Crippen LogP contribution in [0.4, 0.5) is 4.39 Å². The molecule has 88 valence electrons. The number of aliphatic hydroxyl groups excluding tert-OH is 1. The zero-order valence-corrected chi connectivity index (χ0v) is 8.81. The highest BCUT2D eigenvalue weighted by Gasteiger charge is 2.16. The molecule has 1 aromatic rings. The molecular weight excluding hydrogens is 215 g/mol. The first kappa shape index (κ1) is 12.4. The summed E-state index contributed by atoms with van der Waals surface area (Å²) in [5.74, 6) is -2.10. The van der Waals surface area contributed by atoms with Gasteiger partial charge in [-0.25, -0.2) is 4.39 Å². The quantitative estimate of drug-likeness (QED) is 0.799. The molecule has 0 heterocycles. The highest BCUT2D eigenvalue weighted by atomic mass is 19.1. The Hall–Kier alpha value is -1.62. The molecule has 0 amide bonds. The van der Waals surface area contributed by atoms with Crippen LogP contribution in [0.5, 0.6) is 5.75 Å². The fraction of sp³-hybridized carbons (Fsp3) is 0.364. The third-order valence-electron chi connectivity index (χ3n) is 2.29. The van der Waals surface area contributed by atoms with Crippen molar-refractivity contribution in [3.05, 3.63) is 29.6 Å². The van der Waals surface area contributed by atoms with Crippen LogP contribution in [0, 0.1) is 5.82 Å². The lowest BCUT2D eigenvalue weighted by Gasteiger charge is -2.13. The average Bonchev–Trinajstić information content (AvgIpc) is 2.25. The van der Waals surface area contributed by atoms with E-state index in [2.05, 4.69) is 0 Å². The average molecular weight is 228 g/mol. The van der Waals surface area contributed by atoms with E-state index in [0.29, 0.717) is 5.56 Å². The second-order valence-corrected chi connectivity index (χ2v) is 3.37. The molecule has 1 rings (SSSR count). The SMILES string of the molecule is COc1ccc(C(CO)CC(=O)O)cc1F. The number of rotatable bonds is 5. The molecule has 0 saturated heterocycles. The van der Waals surface area contributed by atoms with Crippen LogP contribution in [0.15, 0.2) is 18.2 Å². The number of carbonyl (C=O) groups is 1. The van der Waals surface area contributed by atoms with Gasteiger partial charge in [0, 0.05) is 5.92 Å². The lowest BCUT2D eigenvalue weighted by molar-refractivity contribution is -0.137. The summed E-state index contributed by atoms with van der Waals surface area (Å²) in [6.07, 6.45) is -0.234. The van der Waals surface area contributed by atoms with Crippen LogP contribution in [0.25, 0.3) is 0 Å². The highest BCUT2D eigenvalue weighted by molar-refractivity contribution is 5.68. The van der Waals surface area contributed by atoms with Crippen LogP contribution in [-0.2, 0) is 4.79 Å². The summed E-state index contributed by atoms with van der Waals surface area (Å²) in [6, 6.07) is 4.14. The molecule has 0 aliphatic heterocycles. The normalized spacial score (nSPS) is 12.2. The summed E-state index contributed by atoms with van der Waals surface area (Å²) in [7, 11) is 1.35. The summed E-state index contributed by atoms with van der Waals surface area (Å²) < 4.78 is 18.1. The van der Waals surface area contributed by atoms with E-state index in [-0.39, 0.29) is 18.8 Å². The third-order valence-corrected chi connectivity index (χ3v) is 2.29. The Morgan fingerprint density at radius 1 is 1.56 bits per heavy atom. The molecule has 0 aromatic heterocycles. The number of carboxylic acids is 1. The zero-order chi connectivity index (χ0) is 12.1. The van der Waals surface area contributed by atoms with Gasteiger partial charge in [-0.3, -0.25) is 4.79 Å². The first-order valence-electron chi connectivity index (χ1n) is 4.74. The van der Waals surface area contributed by atoms with E-state index >= 15 is 0 Å². The third kappa shape index (κ3) is 2.93. The molecule has 1 unspecified atom stereocenters. The predicted molar refractivity (Wildman–Crippen MR) is 55.0 cm³/mol. The molecule has 5 heteroatoms. The van der Waals surface area contributed by atoms with Crippen molar-refractivity contribution >= 4 is 5.97 Å². The lowest BCUT2D eigenvalue weighted by atomic mass is 9.96. The number of hydrogen-bond acceptors (Lipinski definition) is 3. The second-order valence-electron chi connectivity index (χ2n) is 3.37. The molecule has 1 atom stereocenters. The van der Waals surface area contributed by atoms with Crippen molar-refractivity contribution in [3.8, 4) is 5.75 Å². The minimum Gasteiger partial charge on any atom is -0.494 e. The number of aliphatic carboxylic acids is 1. The van der Waals surface area contributed by atoms with E-state index in [1.54, 1.807) is 6.07 Å². The standard InChI is InChI=1S/C11H13FO4/c1-16-10-3-2-7(4-9(10)12)8(6-13)5-11(14)15/h2-4,8,13H,5-6H2,1H3,(H,14,15). The summed E-state index contributed by atoms with van der Waals surface area (Å²) in [4.78, 5) is 10.5. The van der Waals surface area contributed by atoms with Crippen LogP contribution >= 0.6 is 0 Å². The van der Waals surface area contributed by atoms with Gasteiger partial charge in [0.25, 0.3) is 0 Å². The summed E-state index contributed by atoms with van der Waals surface area (Å²) in [5.41, 5.74) is 0.447. The van der Waals surface area contributed by atoms with Crippen LogP contribution in [0.1, 0.15) is 17.9 Å². The minimum atomic E-state index is -1.03. The predicted octanol–water partition coefficient (Wildman–Crippen LogP) is 1.38. The molecule has 0 bridgehead atoms. The fourth-order valence-electron chi connectivity index (χ4n) is 1.44. The molecular formula is C11H13FO4. The second kappa shape index (κ2) is 5.46. The van der Waals surface area contributed by atoms with Crippen molar-refractivity contribution in [1.29, 1.82) is 0 Å². The van der Waals surface area contributed by atoms with Crippen molar-refractivity contribution in [1.82, 2.24) is 0 Å². The van der Waals surface area contributed by atoms with Gasteiger partial charge in [-0.2, -0.15) is 0 Å². The molecule has 0 spiro atoms. The number of carboxylic acid groups (broad SMARTS) is 1. The maximum absolute atomic E-state index is 13.3. The Labute approximate surface area is 92.3 Å². The van der Waals surface area contributed by atoms with Crippen molar-refractivity contribution in [2.45, 2.75) is 12.3 Å². The van der Waals surface area contributed by atoms with Gasteiger partial charge >= 0.3 is 5.97 Å². The topological polar surface area (TPSA) is 66.8 Å². The molecule has 0 aliphatic carbocycles. The van der Waals surface area contributed by atoms with Gasteiger partial charge in [-0.1, -0.05) is 6.07 Å². The Morgan fingerprint density at radius 2 is 2.25 bits per heavy atom. The molecule has 2 N–H and O–H groups in total. The summed E-state index contributed by atoms with van der Waals surface area (Å²) in [5, 5.41) is 17.6. The number of hydrogen-bond donors (Lipinski definition) is 2. The monoisotopic (exact) mass is 228 g/mol. The number of aliphatic hydroxyl groups is 1. The van der Waals surface area contributed by atoms with E-state index in [1.807, 2.05) is 0 Å². The number of halogens is 1. The molecule has 0 fully saturated rings. The van der Waals surface area contributed by atoms with Gasteiger partial charge in [-0.05, 0) is 17.7 Å². The summed E-state index contributed by atoms with van der Waals surface area (Å²) in [6.45, 7) is -0.335. The van der Waals surface area contributed by atoms with Gasteiger partial charge in [0.15, 0.2) is 11.6 Å². The van der Waals surface area contributed by atoms with E-state index in [4.69, 9.17) is 14.9 Å². The Bertz CT molecular complexity index is 378. The smallest absolute Gasteiger partial charge is 0.304 e. The zero-order valence-electron chi connectivity index (χ0n) is 8.81. The van der Waals surface area contributed by atoms with Crippen LogP contribution < -0.4 is 4.74 Å². The Kier molecular flexibility index (Phi) is 4.25. The first-order chi connectivity index (χ1) is 7.58. The van der Waals surface area contributed by atoms with Gasteiger partial charge in [0.1, 0.15) is 0 Å². The Morgan fingerprint density at radius 3 is 2.69 bits per heavy atom. The fourth-order valence-corrected chi connectivity index (χ4v) is 1.44. The van der Waals surface area contributed by atoms with Crippen LogP contribution in [0.2, 0.25) is 0 Å². The minimum absolute atomic E-state index is 0.0933. The largest absolute Gasteiger partial charge is 0.494 e. The van der Waals surface area contributed by atoms with Gasteiger partial charge in [0.2, 0.25) is 0 Å². The molecule has 0 radical (unpaired) electrons. The molecule has 16 heavy (non-hydrogen) atoms. The van der Waals surface area contributed by atoms with Crippen LogP contribution in [0.3, 0.4) is 0 Å². The Balaban J connectivity index is 2.93. The van der Waals surface area contributed by atoms with E-state index in [1.165, 1.54) is 19.2 Å². The van der Waals surface area contributed by atoms with E-state index in [0.717, 1.165) is 0 Å². The van der Waals surface area contributed by atoms with Crippen molar-refractivity contribution in [2.75, 3.05) is 13.7 Å². The molecule has 1 aromatic carbocycles. The van der Waals surface area contributed by atoms with E-state index in [9.17, 15) is 9.18 Å². The van der Waals surface area contributed by atoms with Crippen LogP contribution in [-0.4, -0.2) is 29.9 Å². The summed E-state index contributed by atoms with van der Waals surface area (Å²) >= 11 is 0. The van der Waals surface area contributed by atoms with Crippen molar-refractivity contribution < 1.29 is 24.1 Å². The van der Waals surface area contributed by atoms with Crippen molar-refractivity contribution in [2.24, 2.45) is 0 Å². The first-order valence-corrected chi connectivity index (χ1v) is 4.74. The van der Waals surface area contributed by atoms with E-state index < -0.39 is 17.7 Å². The molecule has 4 nitrogen and oxygen atoms in total. The highest BCUT2D eigenvalue weighted by Crippen LogP contribution is 2.24. The number of ether oxygens (including phenoxy) is 1. The van der Waals surface area contributed by atoms with Gasteiger partial charge in [-0.15, -0.1) is 0 Å². The van der Waals surface area contributed by atoms with Gasteiger partial charge < -0.3 is 14.9 Å². The maximum atomic E-state index is 13.3. The lowest BCUT2D eigenvalue weighted by Crippen LogP contribution is -2.10.